The predicted molar refractivity (Wildman–Crippen MR) is 216 cm³/mol. The second-order valence-electron chi connectivity index (χ2n) is 17.5. The third-order valence-corrected chi connectivity index (χ3v) is 12.9. The van der Waals surface area contributed by atoms with Crippen LogP contribution in [0.2, 0.25) is 0 Å². The van der Waals surface area contributed by atoms with Crippen LogP contribution < -0.4 is 9.05 Å². The first kappa shape index (κ1) is 36.2. The second kappa shape index (κ2) is 13.4. The van der Waals surface area contributed by atoms with Gasteiger partial charge in [-0.1, -0.05) is 132 Å². The summed E-state index contributed by atoms with van der Waals surface area (Å²) in [7, 11) is -2.27. The SMILES string of the molecule is CC(C)c1cc(C(C)C)c(-c2ccc3c4c2OP(O)Oc2c(-c5c(C(C)C)cc(C(C)C)cc5C(C)C)ccc5c2C4(CC3)CC5)c(C(C)C)c1. The van der Waals surface area contributed by atoms with Crippen LogP contribution in [0.3, 0.4) is 0 Å². The van der Waals surface area contributed by atoms with Gasteiger partial charge in [-0.15, -0.1) is 0 Å². The average Bonchev–Trinajstić information content (AvgIpc) is 3.64. The van der Waals surface area contributed by atoms with Crippen LogP contribution in [-0.2, 0) is 18.3 Å². The molecule has 7 rings (SSSR count). The summed E-state index contributed by atoms with van der Waals surface area (Å²) in [6.07, 6.45) is 4.05. The highest BCUT2D eigenvalue weighted by molar-refractivity contribution is 7.41. The fourth-order valence-electron chi connectivity index (χ4n) is 9.45. The molecular formula is C47H59O3P. The summed E-state index contributed by atoms with van der Waals surface area (Å²) < 4.78 is 13.7. The van der Waals surface area contributed by atoms with Gasteiger partial charge in [-0.25, -0.2) is 0 Å². The van der Waals surface area contributed by atoms with E-state index in [0.717, 1.165) is 48.3 Å². The fraction of sp³-hybridized carbons (Fsp3) is 0.489. The van der Waals surface area contributed by atoms with Crippen LogP contribution in [0.15, 0.2) is 48.5 Å². The Bertz CT molecular complexity index is 1790. The van der Waals surface area contributed by atoms with Crippen LogP contribution in [0, 0.1) is 0 Å². The lowest BCUT2D eigenvalue weighted by Gasteiger charge is -2.35. The van der Waals surface area contributed by atoms with E-state index in [9.17, 15) is 4.89 Å². The zero-order chi connectivity index (χ0) is 36.7. The third kappa shape index (κ3) is 5.86. The van der Waals surface area contributed by atoms with Gasteiger partial charge in [-0.05, 0) is 117 Å². The normalized spacial score (nSPS) is 16.3. The monoisotopic (exact) mass is 702 g/mol. The molecule has 0 saturated heterocycles. The van der Waals surface area contributed by atoms with E-state index < -0.39 is 8.60 Å². The van der Waals surface area contributed by atoms with Gasteiger partial charge < -0.3 is 13.9 Å². The quantitative estimate of drug-likeness (QED) is 0.186. The van der Waals surface area contributed by atoms with Gasteiger partial charge in [0.1, 0.15) is 11.5 Å². The van der Waals surface area contributed by atoms with Crippen LogP contribution >= 0.6 is 8.60 Å². The number of hydrogen-bond acceptors (Lipinski definition) is 3. The second-order valence-corrected chi connectivity index (χ2v) is 18.4. The van der Waals surface area contributed by atoms with Crippen molar-refractivity contribution in [3.05, 3.63) is 104 Å². The van der Waals surface area contributed by atoms with Crippen molar-refractivity contribution in [1.29, 1.82) is 0 Å². The highest BCUT2D eigenvalue weighted by Crippen LogP contribution is 2.65. The molecule has 4 heteroatoms. The molecule has 0 unspecified atom stereocenters. The van der Waals surface area contributed by atoms with Gasteiger partial charge in [0.2, 0.25) is 0 Å². The van der Waals surface area contributed by atoms with Crippen molar-refractivity contribution in [2.75, 3.05) is 0 Å². The Morgan fingerprint density at radius 1 is 0.510 bits per heavy atom. The van der Waals surface area contributed by atoms with Crippen LogP contribution in [0.5, 0.6) is 11.5 Å². The lowest BCUT2D eigenvalue weighted by Crippen LogP contribution is -2.25. The molecule has 0 aromatic heterocycles. The summed E-state index contributed by atoms with van der Waals surface area (Å²) in [6, 6.07) is 19.0. The van der Waals surface area contributed by atoms with E-state index in [4.69, 9.17) is 9.05 Å². The molecule has 4 aromatic rings. The van der Waals surface area contributed by atoms with Gasteiger partial charge in [0.25, 0.3) is 0 Å². The molecule has 1 N–H and O–H groups in total. The molecule has 2 aliphatic carbocycles. The Morgan fingerprint density at radius 3 is 1.14 bits per heavy atom. The molecule has 3 aliphatic rings. The molecule has 0 atom stereocenters. The lowest BCUT2D eigenvalue weighted by molar-refractivity contribution is 0.360. The largest absolute Gasteiger partial charge is 0.460 e. The first-order valence-corrected chi connectivity index (χ1v) is 20.8. The Hall–Kier alpha value is -3.13. The van der Waals surface area contributed by atoms with Crippen molar-refractivity contribution in [3.8, 4) is 33.8 Å². The molecule has 1 spiro atoms. The maximum Gasteiger partial charge on any atom is 0.460 e. The fourth-order valence-corrected chi connectivity index (χ4v) is 10.2. The molecule has 0 bridgehead atoms. The average molecular weight is 703 g/mol. The van der Waals surface area contributed by atoms with Crippen molar-refractivity contribution in [2.45, 2.75) is 150 Å². The van der Waals surface area contributed by atoms with Crippen LogP contribution in [-0.4, -0.2) is 4.89 Å². The molecule has 0 amide bonds. The molecule has 0 radical (unpaired) electrons. The molecule has 51 heavy (non-hydrogen) atoms. The maximum atomic E-state index is 12.0. The summed E-state index contributed by atoms with van der Waals surface area (Å²) in [6.45, 7) is 27.6. The van der Waals surface area contributed by atoms with E-state index >= 15 is 0 Å². The van der Waals surface area contributed by atoms with E-state index in [2.05, 4.69) is 132 Å². The first-order valence-electron chi connectivity index (χ1n) is 19.7. The number of rotatable bonds is 8. The molecule has 1 heterocycles. The van der Waals surface area contributed by atoms with Crippen molar-refractivity contribution >= 4 is 8.60 Å². The van der Waals surface area contributed by atoms with Gasteiger partial charge in [0.05, 0.1) is 0 Å². The van der Waals surface area contributed by atoms with Gasteiger partial charge >= 0.3 is 8.60 Å². The van der Waals surface area contributed by atoms with Gasteiger partial charge in [-0.2, -0.15) is 0 Å². The predicted octanol–water partition coefficient (Wildman–Crippen LogP) is 13.9. The van der Waals surface area contributed by atoms with Crippen molar-refractivity contribution in [2.24, 2.45) is 0 Å². The van der Waals surface area contributed by atoms with Gasteiger partial charge in [-0.3, -0.25) is 0 Å². The molecule has 3 nitrogen and oxygen atoms in total. The minimum atomic E-state index is -2.27. The van der Waals surface area contributed by atoms with E-state index in [1.807, 2.05) is 0 Å². The Kier molecular flexibility index (Phi) is 9.50. The summed E-state index contributed by atoms with van der Waals surface area (Å²) in [5.41, 5.74) is 18.0. The first-order chi connectivity index (χ1) is 24.1. The summed E-state index contributed by atoms with van der Waals surface area (Å²) >= 11 is 0. The molecule has 0 saturated carbocycles. The molecule has 0 fully saturated rings. The Balaban J connectivity index is 1.53. The zero-order valence-electron chi connectivity index (χ0n) is 33.1. The van der Waals surface area contributed by atoms with Gasteiger partial charge in [0, 0.05) is 27.7 Å². The smallest absolute Gasteiger partial charge is 0.417 e. The molecule has 4 aromatic carbocycles. The number of hydrogen-bond donors (Lipinski definition) is 1. The standard InChI is InChI=1S/C47H59O3P/c1-25(2)33-21-37(27(5)6)41(38(22-33)28(7)8)35-15-13-31-17-19-47-20-18-32-14-16-36(46(44(32)47)50-51(48)49-45(35)43(31)47)42-39(29(9)10)23-34(26(3)4)24-40(42)30(11)12/h13-16,21-30,48H,17-20H2,1-12H3. The van der Waals surface area contributed by atoms with E-state index in [1.54, 1.807) is 0 Å². The van der Waals surface area contributed by atoms with E-state index in [0.29, 0.717) is 35.5 Å². The van der Waals surface area contributed by atoms with Crippen LogP contribution in [0.4, 0.5) is 0 Å². The maximum absolute atomic E-state index is 12.0. The lowest BCUT2D eigenvalue weighted by atomic mass is 9.73. The summed E-state index contributed by atoms with van der Waals surface area (Å²) in [5, 5.41) is 0. The van der Waals surface area contributed by atoms with Crippen molar-refractivity contribution in [3.63, 3.8) is 0 Å². The van der Waals surface area contributed by atoms with Crippen LogP contribution in [0.1, 0.15) is 187 Å². The highest BCUT2D eigenvalue weighted by Gasteiger charge is 2.51. The minimum Gasteiger partial charge on any atom is -0.417 e. The number of benzene rings is 4. The van der Waals surface area contributed by atoms with Crippen molar-refractivity contribution < 1.29 is 13.9 Å². The third-order valence-electron chi connectivity index (χ3n) is 12.2. The molecular weight excluding hydrogens is 643 g/mol. The molecule has 1 aliphatic heterocycles. The van der Waals surface area contributed by atoms with E-state index in [-0.39, 0.29) is 5.41 Å². The Labute approximate surface area is 309 Å². The number of aryl methyl sites for hydroxylation is 2. The van der Waals surface area contributed by atoms with Crippen molar-refractivity contribution in [1.82, 2.24) is 0 Å². The van der Waals surface area contributed by atoms with E-state index in [1.165, 1.54) is 66.8 Å². The van der Waals surface area contributed by atoms with Gasteiger partial charge in [0.15, 0.2) is 0 Å². The highest BCUT2D eigenvalue weighted by atomic mass is 31.2. The molecule has 270 valence electrons. The Morgan fingerprint density at radius 2 is 0.843 bits per heavy atom. The topological polar surface area (TPSA) is 38.7 Å². The summed E-state index contributed by atoms with van der Waals surface area (Å²) in [5.74, 6) is 3.90. The zero-order valence-corrected chi connectivity index (χ0v) is 34.0. The van der Waals surface area contributed by atoms with Crippen LogP contribution in [0.25, 0.3) is 22.3 Å². The minimum absolute atomic E-state index is 0.223. The summed E-state index contributed by atoms with van der Waals surface area (Å²) in [4.78, 5) is 12.0.